The van der Waals surface area contributed by atoms with Gasteiger partial charge in [0.25, 0.3) is 0 Å². The van der Waals surface area contributed by atoms with Gasteiger partial charge in [0, 0.05) is 12.6 Å². The lowest BCUT2D eigenvalue weighted by atomic mass is 9.82. The summed E-state index contributed by atoms with van der Waals surface area (Å²) in [6.07, 6.45) is 3.62. The molecule has 0 radical (unpaired) electrons. The molecule has 1 aromatic heterocycles. The maximum Gasteiger partial charge on any atom is 0.130 e. The second-order valence-electron chi connectivity index (χ2n) is 5.09. The van der Waals surface area contributed by atoms with E-state index in [1.165, 1.54) is 0 Å². The maximum atomic E-state index is 4.21. The van der Waals surface area contributed by atoms with Crippen LogP contribution in [-0.4, -0.2) is 22.8 Å². The van der Waals surface area contributed by atoms with Crippen LogP contribution in [0.15, 0.2) is 17.4 Å². The Balaban J connectivity index is 2.54. The molecule has 0 saturated heterocycles. The first-order chi connectivity index (χ1) is 7.43. The molecule has 1 rings (SSSR count). The summed E-state index contributed by atoms with van der Waals surface area (Å²) in [5.74, 6) is 1.51. The molecule has 0 aliphatic heterocycles. The van der Waals surface area contributed by atoms with Crippen molar-refractivity contribution in [3.63, 3.8) is 0 Å². The zero-order valence-corrected chi connectivity index (χ0v) is 11.6. The Morgan fingerprint density at radius 2 is 2.06 bits per heavy atom. The fraction of sp³-hybridized carbons (Fsp3) is 0.667. The third-order valence-electron chi connectivity index (χ3n) is 2.92. The van der Waals surface area contributed by atoms with Gasteiger partial charge in [-0.1, -0.05) is 27.7 Å². The predicted octanol–water partition coefficient (Wildman–Crippen LogP) is 3.29. The number of aromatic nitrogens is 2. The van der Waals surface area contributed by atoms with Gasteiger partial charge in [0.1, 0.15) is 17.2 Å². The van der Waals surface area contributed by atoms with Crippen molar-refractivity contribution in [3.8, 4) is 0 Å². The fourth-order valence-electron chi connectivity index (χ4n) is 1.11. The van der Waals surface area contributed by atoms with Gasteiger partial charge in [0.2, 0.25) is 0 Å². The van der Waals surface area contributed by atoms with Crippen LogP contribution >= 0.6 is 11.8 Å². The summed E-state index contributed by atoms with van der Waals surface area (Å²) in [6.45, 7) is 9.96. The van der Waals surface area contributed by atoms with E-state index in [-0.39, 0.29) is 0 Å². The SMILES string of the molecule is CSc1cc(NCC(C)C(C)(C)C)ncn1. The molecule has 0 spiro atoms. The maximum absolute atomic E-state index is 4.21. The standard InChI is InChI=1S/C12H21N3S/c1-9(12(2,3)4)7-13-10-6-11(16-5)15-8-14-10/h6,8-9H,7H2,1-5H3,(H,13,14,15). The number of hydrogen-bond donors (Lipinski definition) is 1. The smallest absolute Gasteiger partial charge is 0.130 e. The number of nitrogens with one attached hydrogen (secondary N) is 1. The van der Waals surface area contributed by atoms with Crippen LogP contribution in [-0.2, 0) is 0 Å². The summed E-state index contributed by atoms with van der Waals surface area (Å²) in [5.41, 5.74) is 0.322. The zero-order chi connectivity index (χ0) is 12.2. The molecule has 0 aliphatic carbocycles. The Kier molecular flexibility index (Phi) is 4.59. The van der Waals surface area contributed by atoms with Crippen molar-refractivity contribution in [1.29, 1.82) is 0 Å². The van der Waals surface area contributed by atoms with E-state index in [1.807, 2.05) is 12.3 Å². The van der Waals surface area contributed by atoms with Gasteiger partial charge in [-0.15, -0.1) is 11.8 Å². The summed E-state index contributed by atoms with van der Waals surface area (Å²) in [7, 11) is 0. The summed E-state index contributed by atoms with van der Waals surface area (Å²) in [4.78, 5) is 8.35. The predicted molar refractivity (Wildman–Crippen MR) is 70.9 cm³/mol. The van der Waals surface area contributed by atoms with Gasteiger partial charge in [0.05, 0.1) is 0 Å². The molecule has 4 heteroatoms. The lowest BCUT2D eigenvalue weighted by Gasteiger charge is -2.27. The molecule has 90 valence electrons. The van der Waals surface area contributed by atoms with Gasteiger partial charge in [-0.2, -0.15) is 0 Å². The van der Waals surface area contributed by atoms with Gasteiger partial charge in [-0.3, -0.25) is 0 Å². The van der Waals surface area contributed by atoms with Crippen LogP contribution in [0.1, 0.15) is 27.7 Å². The normalized spacial score (nSPS) is 13.6. The molecule has 16 heavy (non-hydrogen) atoms. The first kappa shape index (κ1) is 13.3. The summed E-state index contributed by atoms with van der Waals surface area (Å²) in [6, 6.07) is 1.99. The van der Waals surface area contributed by atoms with Crippen LogP contribution in [0.4, 0.5) is 5.82 Å². The second-order valence-corrected chi connectivity index (χ2v) is 5.92. The zero-order valence-electron chi connectivity index (χ0n) is 10.7. The molecule has 3 nitrogen and oxygen atoms in total. The Bertz CT molecular complexity index is 333. The van der Waals surface area contributed by atoms with E-state index in [4.69, 9.17) is 0 Å². The van der Waals surface area contributed by atoms with E-state index in [9.17, 15) is 0 Å². The highest BCUT2D eigenvalue weighted by atomic mass is 32.2. The lowest BCUT2D eigenvalue weighted by Crippen LogP contribution is -2.25. The summed E-state index contributed by atoms with van der Waals surface area (Å²) >= 11 is 1.63. The summed E-state index contributed by atoms with van der Waals surface area (Å²) in [5, 5.41) is 4.36. The van der Waals surface area contributed by atoms with Gasteiger partial charge >= 0.3 is 0 Å². The second kappa shape index (κ2) is 5.53. The molecule has 1 N–H and O–H groups in total. The van der Waals surface area contributed by atoms with Crippen molar-refractivity contribution in [2.45, 2.75) is 32.7 Å². The van der Waals surface area contributed by atoms with Crippen LogP contribution in [0.5, 0.6) is 0 Å². The molecule has 1 atom stereocenters. The Morgan fingerprint density at radius 3 is 2.62 bits per heavy atom. The van der Waals surface area contributed by atoms with Gasteiger partial charge in [-0.05, 0) is 17.6 Å². The van der Waals surface area contributed by atoms with Gasteiger partial charge in [0.15, 0.2) is 0 Å². The van der Waals surface area contributed by atoms with Crippen LogP contribution in [0.3, 0.4) is 0 Å². The van der Waals surface area contributed by atoms with E-state index in [1.54, 1.807) is 18.1 Å². The summed E-state index contributed by atoms with van der Waals surface area (Å²) < 4.78 is 0. The number of nitrogens with zero attached hydrogens (tertiary/aromatic N) is 2. The monoisotopic (exact) mass is 239 g/mol. The van der Waals surface area contributed by atoms with Crippen molar-refractivity contribution in [2.75, 3.05) is 18.1 Å². The highest BCUT2D eigenvalue weighted by Gasteiger charge is 2.19. The molecular formula is C12H21N3S. The van der Waals surface area contributed by atoms with Crippen LogP contribution in [0.25, 0.3) is 0 Å². The third-order valence-corrected chi connectivity index (χ3v) is 3.56. The minimum atomic E-state index is 0.322. The largest absolute Gasteiger partial charge is 0.370 e. The number of thioether (sulfide) groups is 1. The Hall–Kier alpha value is -0.770. The van der Waals surface area contributed by atoms with Gasteiger partial charge < -0.3 is 5.32 Å². The van der Waals surface area contributed by atoms with Crippen molar-refractivity contribution in [1.82, 2.24) is 9.97 Å². The van der Waals surface area contributed by atoms with E-state index < -0.39 is 0 Å². The lowest BCUT2D eigenvalue weighted by molar-refractivity contribution is 0.274. The first-order valence-corrected chi connectivity index (χ1v) is 6.76. The Morgan fingerprint density at radius 1 is 1.38 bits per heavy atom. The van der Waals surface area contributed by atoms with E-state index in [2.05, 4.69) is 43.0 Å². The molecule has 1 aromatic rings. The number of anilines is 1. The minimum Gasteiger partial charge on any atom is -0.370 e. The molecule has 0 bridgehead atoms. The molecule has 1 unspecified atom stereocenters. The topological polar surface area (TPSA) is 37.8 Å². The fourth-order valence-corrected chi connectivity index (χ4v) is 1.49. The average molecular weight is 239 g/mol. The van der Waals surface area contributed by atoms with Crippen molar-refractivity contribution >= 4 is 17.6 Å². The third kappa shape index (κ3) is 4.00. The molecule has 0 saturated carbocycles. The van der Waals surface area contributed by atoms with Crippen molar-refractivity contribution in [3.05, 3.63) is 12.4 Å². The molecule has 0 aliphatic rings. The molecular weight excluding hydrogens is 218 g/mol. The first-order valence-electron chi connectivity index (χ1n) is 5.53. The molecule has 0 aromatic carbocycles. The van der Waals surface area contributed by atoms with Crippen molar-refractivity contribution in [2.24, 2.45) is 11.3 Å². The van der Waals surface area contributed by atoms with E-state index >= 15 is 0 Å². The van der Waals surface area contributed by atoms with Crippen LogP contribution in [0, 0.1) is 11.3 Å². The average Bonchev–Trinajstić information content (AvgIpc) is 2.25. The van der Waals surface area contributed by atoms with E-state index in [0.717, 1.165) is 17.4 Å². The van der Waals surface area contributed by atoms with Crippen molar-refractivity contribution < 1.29 is 0 Å². The van der Waals surface area contributed by atoms with Gasteiger partial charge in [-0.25, -0.2) is 9.97 Å². The van der Waals surface area contributed by atoms with E-state index in [0.29, 0.717) is 11.3 Å². The number of rotatable bonds is 4. The minimum absolute atomic E-state index is 0.322. The number of hydrogen-bond acceptors (Lipinski definition) is 4. The highest BCUT2D eigenvalue weighted by molar-refractivity contribution is 7.98. The van der Waals surface area contributed by atoms with Crippen LogP contribution in [0.2, 0.25) is 0 Å². The molecule has 0 amide bonds. The van der Waals surface area contributed by atoms with Crippen LogP contribution < -0.4 is 5.32 Å². The molecule has 0 fully saturated rings. The quantitative estimate of drug-likeness (QED) is 0.646. The Labute approximate surface area is 102 Å². The highest BCUT2D eigenvalue weighted by Crippen LogP contribution is 2.25. The molecule has 1 heterocycles.